The molecule has 102 valence electrons. The molecule has 1 aromatic heterocycles. The maximum Gasteiger partial charge on any atom is 0.243 e. The minimum Gasteiger partial charge on any atom is -0.398 e. The first kappa shape index (κ1) is 14.4. The van der Waals surface area contributed by atoms with Gasteiger partial charge in [0, 0.05) is 15.5 Å². The highest BCUT2D eigenvalue weighted by molar-refractivity contribution is 9.10. The fraction of sp³-hybridized carbons (Fsp3) is 0.100. The van der Waals surface area contributed by atoms with E-state index in [0.29, 0.717) is 10.2 Å². The lowest BCUT2D eigenvalue weighted by atomic mass is 10.3. The van der Waals surface area contributed by atoms with Crippen molar-refractivity contribution in [2.45, 2.75) is 11.4 Å². The van der Waals surface area contributed by atoms with E-state index in [1.807, 2.05) is 0 Å². The first-order chi connectivity index (χ1) is 8.90. The zero-order valence-corrected chi connectivity index (χ0v) is 12.6. The first-order valence-corrected chi connectivity index (χ1v) is 8.23. The van der Waals surface area contributed by atoms with Crippen LogP contribution in [0.1, 0.15) is 5.69 Å². The largest absolute Gasteiger partial charge is 0.398 e. The van der Waals surface area contributed by atoms with Crippen LogP contribution < -0.4 is 10.5 Å². The van der Waals surface area contributed by atoms with Crippen LogP contribution in [0.3, 0.4) is 0 Å². The SMILES string of the molecule is Nc1cc(S(=O)(=O)NCc2cscn2)c(F)cc1Br. The van der Waals surface area contributed by atoms with Crippen LogP contribution in [0.4, 0.5) is 10.1 Å². The summed E-state index contributed by atoms with van der Waals surface area (Å²) in [5, 5.41) is 1.70. The predicted molar refractivity (Wildman–Crippen MR) is 74.7 cm³/mol. The quantitative estimate of drug-likeness (QED) is 0.812. The molecule has 0 saturated heterocycles. The molecule has 2 aromatic rings. The summed E-state index contributed by atoms with van der Waals surface area (Å²) in [5.41, 5.74) is 7.86. The van der Waals surface area contributed by atoms with Gasteiger partial charge in [0.15, 0.2) is 0 Å². The molecule has 5 nitrogen and oxygen atoms in total. The van der Waals surface area contributed by atoms with Crippen LogP contribution in [0.25, 0.3) is 0 Å². The van der Waals surface area contributed by atoms with Gasteiger partial charge in [-0.2, -0.15) is 0 Å². The van der Waals surface area contributed by atoms with Crippen LogP contribution in [-0.4, -0.2) is 13.4 Å². The summed E-state index contributed by atoms with van der Waals surface area (Å²) in [5.74, 6) is -0.869. The molecule has 0 fully saturated rings. The molecule has 0 aliphatic carbocycles. The highest BCUT2D eigenvalue weighted by Gasteiger charge is 2.20. The Morgan fingerprint density at radius 2 is 2.21 bits per heavy atom. The van der Waals surface area contributed by atoms with E-state index in [-0.39, 0.29) is 12.2 Å². The van der Waals surface area contributed by atoms with Crippen molar-refractivity contribution in [1.82, 2.24) is 9.71 Å². The van der Waals surface area contributed by atoms with Crippen LogP contribution in [0, 0.1) is 5.82 Å². The van der Waals surface area contributed by atoms with Gasteiger partial charge in [-0.05, 0) is 28.1 Å². The van der Waals surface area contributed by atoms with Crippen molar-refractivity contribution in [2.24, 2.45) is 0 Å². The molecule has 0 spiro atoms. The standard InChI is InChI=1S/C10H9BrFN3O2S2/c11-7-1-8(12)10(2-9(7)13)19(16,17)15-3-6-4-18-5-14-6/h1-2,4-5,15H,3,13H2. The highest BCUT2D eigenvalue weighted by atomic mass is 79.9. The maximum atomic E-state index is 13.7. The van der Waals surface area contributed by atoms with Crippen molar-refractivity contribution >= 4 is 43.0 Å². The van der Waals surface area contributed by atoms with Gasteiger partial charge in [0.1, 0.15) is 10.7 Å². The number of thiazole rings is 1. The number of nitrogens with zero attached hydrogens (tertiary/aromatic N) is 1. The van der Waals surface area contributed by atoms with Crippen molar-refractivity contribution in [1.29, 1.82) is 0 Å². The third-order valence-corrected chi connectivity index (χ3v) is 5.01. The van der Waals surface area contributed by atoms with Crippen LogP contribution in [0.2, 0.25) is 0 Å². The summed E-state index contributed by atoms with van der Waals surface area (Å²) in [6.45, 7) is 0.00123. The van der Waals surface area contributed by atoms with Gasteiger partial charge in [-0.15, -0.1) is 11.3 Å². The lowest BCUT2D eigenvalue weighted by Gasteiger charge is -2.08. The number of aromatic nitrogens is 1. The Hall–Kier alpha value is -1.03. The number of anilines is 1. The zero-order chi connectivity index (χ0) is 14.0. The topological polar surface area (TPSA) is 85.1 Å². The Balaban J connectivity index is 2.27. The number of nitrogens with two attached hydrogens (primary N) is 1. The van der Waals surface area contributed by atoms with Gasteiger partial charge < -0.3 is 5.73 Å². The predicted octanol–water partition coefficient (Wildman–Crippen LogP) is 2.11. The molecule has 0 radical (unpaired) electrons. The van der Waals surface area contributed by atoms with E-state index >= 15 is 0 Å². The molecule has 0 bridgehead atoms. The maximum absolute atomic E-state index is 13.7. The first-order valence-electron chi connectivity index (χ1n) is 5.01. The molecule has 0 aliphatic heterocycles. The van der Waals surface area contributed by atoms with E-state index in [0.717, 1.165) is 12.1 Å². The van der Waals surface area contributed by atoms with E-state index in [2.05, 4.69) is 25.6 Å². The Kier molecular flexibility index (Phi) is 4.19. The average Bonchev–Trinajstić information content (AvgIpc) is 2.84. The zero-order valence-electron chi connectivity index (χ0n) is 9.43. The van der Waals surface area contributed by atoms with Crippen molar-refractivity contribution in [3.63, 3.8) is 0 Å². The van der Waals surface area contributed by atoms with Crippen molar-refractivity contribution in [2.75, 3.05) is 5.73 Å². The van der Waals surface area contributed by atoms with E-state index in [1.54, 1.807) is 10.9 Å². The van der Waals surface area contributed by atoms with E-state index < -0.39 is 20.7 Å². The summed E-state index contributed by atoms with van der Waals surface area (Å²) < 4.78 is 40.2. The minimum absolute atomic E-state index is 0.00123. The molecule has 0 aliphatic rings. The summed E-state index contributed by atoms with van der Waals surface area (Å²) in [6.07, 6.45) is 0. The molecular weight excluding hydrogens is 357 g/mol. The number of hydrogen-bond acceptors (Lipinski definition) is 5. The molecular formula is C10H9BrFN3O2S2. The van der Waals surface area contributed by atoms with Gasteiger partial charge in [0.2, 0.25) is 10.0 Å². The van der Waals surface area contributed by atoms with E-state index in [1.165, 1.54) is 11.3 Å². The molecule has 1 heterocycles. The van der Waals surface area contributed by atoms with Gasteiger partial charge in [0.05, 0.1) is 17.7 Å². The van der Waals surface area contributed by atoms with Crippen LogP contribution in [0.15, 0.2) is 32.4 Å². The molecule has 2 rings (SSSR count). The van der Waals surface area contributed by atoms with Crippen LogP contribution >= 0.6 is 27.3 Å². The third kappa shape index (κ3) is 3.30. The fourth-order valence-corrected chi connectivity index (χ4v) is 3.29. The number of benzene rings is 1. The summed E-state index contributed by atoms with van der Waals surface area (Å²) in [6, 6.07) is 2.09. The van der Waals surface area contributed by atoms with Crippen molar-refractivity contribution < 1.29 is 12.8 Å². The number of halogens is 2. The van der Waals surface area contributed by atoms with Crippen LogP contribution in [0.5, 0.6) is 0 Å². The molecule has 9 heteroatoms. The number of sulfonamides is 1. The highest BCUT2D eigenvalue weighted by Crippen LogP contribution is 2.26. The van der Waals surface area contributed by atoms with Gasteiger partial charge in [-0.1, -0.05) is 0 Å². The number of nitrogen functional groups attached to an aromatic ring is 1. The molecule has 3 N–H and O–H groups in total. The lowest BCUT2D eigenvalue weighted by molar-refractivity contribution is 0.556. The average molecular weight is 366 g/mol. The lowest BCUT2D eigenvalue weighted by Crippen LogP contribution is -2.24. The second-order valence-electron chi connectivity index (χ2n) is 3.61. The molecule has 0 unspecified atom stereocenters. The van der Waals surface area contributed by atoms with Gasteiger partial charge in [0.25, 0.3) is 0 Å². The Bertz CT molecular complexity index is 689. The summed E-state index contributed by atoms with van der Waals surface area (Å²) in [4.78, 5) is 3.45. The summed E-state index contributed by atoms with van der Waals surface area (Å²) >= 11 is 4.38. The van der Waals surface area contributed by atoms with Crippen molar-refractivity contribution in [3.8, 4) is 0 Å². The van der Waals surface area contributed by atoms with E-state index in [9.17, 15) is 12.8 Å². The normalized spacial score (nSPS) is 11.7. The van der Waals surface area contributed by atoms with E-state index in [4.69, 9.17) is 5.73 Å². The molecule has 0 saturated carbocycles. The van der Waals surface area contributed by atoms with Gasteiger partial charge >= 0.3 is 0 Å². The van der Waals surface area contributed by atoms with Gasteiger partial charge in [-0.25, -0.2) is 22.5 Å². The molecule has 1 aromatic carbocycles. The Morgan fingerprint density at radius 3 is 2.84 bits per heavy atom. The molecule has 0 amide bonds. The Labute approximate surface area is 121 Å². The number of rotatable bonds is 4. The smallest absolute Gasteiger partial charge is 0.243 e. The second-order valence-corrected chi connectivity index (χ2v) is 6.92. The van der Waals surface area contributed by atoms with Crippen LogP contribution in [-0.2, 0) is 16.6 Å². The van der Waals surface area contributed by atoms with Crippen molar-refractivity contribution in [3.05, 3.63) is 39.0 Å². The minimum atomic E-state index is -3.97. The Morgan fingerprint density at radius 1 is 1.47 bits per heavy atom. The molecule has 0 atom stereocenters. The number of nitrogens with one attached hydrogen (secondary N) is 1. The third-order valence-electron chi connectivity index (χ3n) is 2.27. The fourth-order valence-electron chi connectivity index (χ4n) is 1.32. The summed E-state index contributed by atoms with van der Waals surface area (Å²) in [7, 11) is -3.97. The number of hydrogen-bond donors (Lipinski definition) is 2. The van der Waals surface area contributed by atoms with Gasteiger partial charge in [-0.3, -0.25) is 0 Å². The second kappa shape index (κ2) is 5.53. The molecule has 19 heavy (non-hydrogen) atoms. The monoisotopic (exact) mass is 365 g/mol.